The highest BCUT2D eigenvalue weighted by Crippen LogP contribution is 2.26. The quantitative estimate of drug-likeness (QED) is 0.416. The predicted octanol–water partition coefficient (Wildman–Crippen LogP) is 4.70. The van der Waals surface area contributed by atoms with Crippen molar-refractivity contribution in [3.05, 3.63) is 71.0 Å². The van der Waals surface area contributed by atoms with Crippen molar-refractivity contribution in [3.8, 4) is 5.75 Å². The zero-order valence-electron chi connectivity index (χ0n) is 19.2. The normalized spacial score (nSPS) is 16.1. The first-order valence-corrected chi connectivity index (χ1v) is 12.1. The van der Waals surface area contributed by atoms with E-state index in [0.717, 1.165) is 61.6 Å². The Labute approximate surface area is 194 Å². The van der Waals surface area contributed by atoms with Gasteiger partial charge in [0.2, 0.25) is 0 Å². The molecule has 2 aromatic carbocycles. The predicted molar refractivity (Wildman–Crippen MR) is 128 cm³/mol. The minimum absolute atomic E-state index is 0.245. The van der Waals surface area contributed by atoms with E-state index < -0.39 is 0 Å². The molecule has 1 fully saturated rings. The molecule has 0 bridgehead atoms. The fourth-order valence-corrected chi connectivity index (χ4v) is 5.02. The lowest BCUT2D eigenvalue weighted by Crippen LogP contribution is -2.23. The van der Waals surface area contributed by atoms with Gasteiger partial charge in [0.1, 0.15) is 11.6 Å². The van der Waals surface area contributed by atoms with Gasteiger partial charge < -0.3 is 14.0 Å². The highest BCUT2D eigenvalue weighted by atomic mass is 32.2. The third-order valence-corrected chi connectivity index (χ3v) is 6.86. The molecule has 32 heavy (non-hydrogen) atoms. The van der Waals surface area contributed by atoms with Crippen LogP contribution < -0.4 is 4.74 Å². The summed E-state index contributed by atoms with van der Waals surface area (Å²) in [6, 6.07) is 16.7. The van der Waals surface area contributed by atoms with Crippen molar-refractivity contribution in [3.63, 3.8) is 0 Å². The molecule has 0 spiro atoms. The minimum Gasteiger partial charge on any atom is -0.497 e. The Morgan fingerprint density at radius 3 is 2.66 bits per heavy atom. The first-order valence-electron chi connectivity index (χ1n) is 11.1. The Hall–Kier alpha value is -2.35. The standard InChI is InChI=1S/C25H32N4O2S/c1-19-7-4-5-8-21(19)18-32-25-27-26-24(29(25)16-23-9-6-14-31-23)17-28(2)15-20-10-12-22(30-3)13-11-20/h4-5,7-8,10-13,23H,6,9,14-18H2,1-3H3/t23-/m0/s1. The summed E-state index contributed by atoms with van der Waals surface area (Å²) in [6.45, 7) is 5.39. The van der Waals surface area contributed by atoms with Gasteiger partial charge in [-0.2, -0.15) is 0 Å². The maximum Gasteiger partial charge on any atom is 0.191 e. The molecule has 1 atom stereocenters. The van der Waals surface area contributed by atoms with Gasteiger partial charge in [0.25, 0.3) is 0 Å². The van der Waals surface area contributed by atoms with Crippen molar-refractivity contribution in [2.75, 3.05) is 20.8 Å². The molecule has 4 rings (SSSR count). The van der Waals surface area contributed by atoms with Crippen LogP contribution in [0, 0.1) is 6.92 Å². The molecule has 0 N–H and O–H groups in total. The molecular formula is C25H32N4O2S. The van der Waals surface area contributed by atoms with Crippen LogP contribution in [0.4, 0.5) is 0 Å². The molecule has 0 saturated carbocycles. The zero-order chi connectivity index (χ0) is 22.3. The molecule has 7 heteroatoms. The van der Waals surface area contributed by atoms with Crippen LogP contribution >= 0.6 is 11.8 Å². The highest BCUT2D eigenvalue weighted by Gasteiger charge is 2.22. The summed E-state index contributed by atoms with van der Waals surface area (Å²) < 4.78 is 13.5. The second-order valence-electron chi connectivity index (χ2n) is 8.38. The van der Waals surface area contributed by atoms with Crippen molar-refractivity contribution in [2.45, 2.75) is 56.4 Å². The van der Waals surface area contributed by atoms with Crippen LogP contribution in [0.1, 0.15) is 35.4 Å². The Morgan fingerprint density at radius 1 is 1.12 bits per heavy atom. The number of hydrogen-bond acceptors (Lipinski definition) is 6. The van der Waals surface area contributed by atoms with Crippen molar-refractivity contribution in [1.82, 2.24) is 19.7 Å². The number of aryl methyl sites for hydroxylation is 1. The van der Waals surface area contributed by atoms with E-state index in [4.69, 9.17) is 9.47 Å². The van der Waals surface area contributed by atoms with E-state index in [-0.39, 0.29) is 6.10 Å². The molecular weight excluding hydrogens is 420 g/mol. The molecule has 170 valence electrons. The first-order chi connectivity index (χ1) is 15.6. The van der Waals surface area contributed by atoms with Crippen molar-refractivity contribution >= 4 is 11.8 Å². The summed E-state index contributed by atoms with van der Waals surface area (Å²) in [5, 5.41) is 10.1. The molecule has 0 radical (unpaired) electrons. The molecule has 1 aromatic heterocycles. The summed E-state index contributed by atoms with van der Waals surface area (Å²) in [5.74, 6) is 2.75. The monoisotopic (exact) mass is 452 g/mol. The number of aromatic nitrogens is 3. The Morgan fingerprint density at radius 2 is 1.94 bits per heavy atom. The largest absolute Gasteiger partial charge is 0.497 e. The summed E-state index contributed by atoms with van der Waals surface area (Å²) in [7, 11) is 3.81. The highest BCUT2D eigenvalue weighted by molar-refractivity contribution is 7.98. The first kappa shape index (κ1) is 22.8. The van der Waals surface area contributed by atoms with Gasteiger partial charge in [-0.15, -0.1) is 10.2 Å². The lowest BCUT2D eigenvalue weighted by Gasteiger charge is -2.19. The molecule has 1 aliphatic rings. The Kier molecular flexibility index (Phi) is 7.84. The van der Waals surface area contributed by atoms with Crippen molar-refractivity contribution in [2.24, 2.45) is 0 Å². The van der Waals surface area contributed by atoms with Crippen LogP contribution in [0.3, 0.4) is 0 Å². The third-order valence-electron chi connectivity index (χ3n) is 5.84. The number of methoxy groups -OCH3 is 1. The average molecular weight is 453 g/mol. The van der Waals surface area contributed by atoms with Gasteiger partial charge in [-0.1, -0.05) is 48.2 Å². The van der Waals surface area contributed by atoms with Crippen LogP contribution in [0.15, 0.2) is 53.7 Å². The fraction of sp³-hybridized carbons (Fsp3) is 0.440. The van der Waals surface area contributed by atoms with Crippen LogP contribution in [-0.4, -0.2) is 46.5 Å². The number of rotatable bonds is 10. The molecule has 3 aromatic rings. The summed E-state index contributed by atoms with van der Waals surface area (Å²) in [6.07, 6.45) is 2.47. The van der Waals surface area contributed by atoms with Gasteiger partial charge in [-0.25, -0.2) is 0 Å². The smallest absolute Gasteiger partial charge is 0.191 e. The van der Waals surface area contributed by atoms with Gasteiger partial charge in [-0.05, 0) is 55.6 Å². The molecule has 0 amide bonds. The summed E-state index contributed by atoms with van der Waals surface area (Å²) >= 11 is 1.76. The van der Waals surface area contributed by atoms with E-state index in [9.17, 15) is 0 Å². The summed E-state index contributed by atoms with van der Waals surface area (Å²) in [5.41, 5.74) is 3.89. The maximum absolute atomic E-state index is 5.93. The van der Waals surface area contributed by atoms with Gasteiger partial charge in [-0.3, -0.25) is 4.90 Å². The average Bonchev–Trinajstić information content (AvgIpc) is 3.45. The SMILES string of the molecule is COc1ccc(CN(C)Cc2nnc(SCc3ccccc3C)n2C[C@@H]2CCCO2)cc1. The van der Waals surface area contributed by atoms with E-state index in [1.54, 1.807) is 18.9 Å². The Bertz CT molecular complexity index is 999. The lowest BCUT2D eigenvalue weighted by molar-refractivity contribution is 0.0934. The van der Waals surface area contributed by atoms with E-state index in [2.05, 4.69) is 70.0 Å². The Balaban J connectivity index is 1.46. The number of nitrogens with zero attached hydrogens (tertiary/aromatic N) is 4. The van der Waals surface area contributed by atoms with Crippen LogP contribution in [0.2, 0.25) is 0 Å². The molecule has 2 heterocycles. The van der Waals surface area contributed by atoms with Gasteiger partial charge in [0.05, 0.1) is 26.3 Å². The second kappa shape index (κ2) is 11.0. The fourth-order valence-electron chi connectivity index (χ4n) is 3.97. The zero-order valence-corrected chi connectivity index (χ0v) is 20.0. The molecule has 0 unspecified atom stereocenters. The molecule has 1 saturated heterocycles. The molecule has 0 aliphatic carbocycles. The summed E-state index contributed by atoms with van der Waals surface area (Å²) in [4.78, 5) is 2.27. The molecule has 1 aliphatic heterocycles. The van der Waals surface area contributed by atoms with Crippen LogP contribution in [0.5, 0.6) is 5.75 Å². The van der Waals surface area contributed by atoms with E-state index in [1.165, 1.54) is 16.7 Å². The molecule has 6 nitrogen and oxygen atoms in total. The second-order valence-corrected chi connectivity index (χ2v) is 9.32. The van der Waals surface area contributed by atoms with Crippen LogP contribution in [-0.2, 0) is 30.1 Å². The minimum atomic E-state index is 0.245. The lowest BCUT2D eigenvalue weighted by atomic mass is 10.1. The number of benzene rings is 2. The number of hydrogen-bond donors (Lipinski definition) is 0. The van der Waals surface area contributed by atoms with Crippen molar-refractivity contribution in [1.29, 1.82) is 0 Å². The third kappa shape index (κ3) is 5.91. The van der Waals surface area contributed by atoms with Crippen LogP contribution in [0.25, 0.3) is 0 Å². The van der Waals surface area contributed by atoms with Gasteiger partial charge >= 0.3 is 0 Å². The van der Waals surface area contributed by atoms with E-state index in [1.807, 2.05) is 12.1 Å². The van der Waals surface area contributed by atoms with Crippen molar-refractivity contribution < 1.29 is 9.47 Å². The van der Waals surface area contributed by atoms with Gasteiger partial charge in [0.15, 0.2) is 5.16 Å². The number of ether oxygens (including phenoxy) is 2. The van der Waals surface area contributed by atoms with Gasteiger partial charge in [0, 0.05) is 18.9 Å². The maximum atomic E-state index is 5.93. The number of thioether (sulfide) groups is 1. The van der Waals surface area contributed by atoms with E-state index in [0.29, 0.717) is 0 Å². The van der Waals surface area contributed by atoms with E-state index >= 15 is 0 Å². The topological polar surface area (TPSA) is 52.4 Å².